The van der Waals surface area contributed by atoms with E-state index in [0.29, 0.717) is 6.04 Å². The molecule has 114 valence electrons. The Hall–Kier alpha value is -1.80. The molecule has 2 heterocycles. The molecule has 0 radical (unpaired) electrons. The maximum atomic E-state index is 3.53. The SMILES string of the molecule is CC1Cc2cc(CCN3CCc4ccccc4C3)ccc2N1. The number of rotatable bonds is 3. The molecule has 2 aromatic rings. The summed E-state index contributed by atoms with van der Waals surface area (Å²) in [5, 5.41) is 3.53. The van der Waals surface area contributed by atoms with Crippen LogP contribution in [0, 0.1) is 0 Å². The lowest BCUT2D eigenvalue weighted by atomic mass is 9.99. The van der Waals surface area contributed by atoms with Gasteiger partial charge in [0.05, 0.1) is 0 Å². The van der Waals surface area contributed by atoms with Crippen LogP contribution in [0.2, 0.25) is 0 Å². The molecule has 0 aromatic heterocycles. The normalized spacial score (nSPS) is 20.3. The van der Waals surface area contributed by atoms with Crippen LogP contribution in [0.15, 0.2) is 42.5 Å². The second-order valence-electron chi connectivity index (χ2n) is 6.79. The van der Waals surface area contributed by atoms with Crippen LogP contribution in [-0.4, -0.2) is 24.0 Å². The Bertz CT molecular complexity index is 677. The summed E-state index contributed by atoms with van der Waals surface area (Å²) in [6.45, 7) is 5.72. The number of hydrogen-bond donors (Lipinski definition) is 1. The second-order valence-corrected chi connectivity index (χ2v) is 6.79. The van der Waals surface area contributed by atoms with Gasteiger partial charge in [0.25, 0.3) is 0 Å². The summed E-state index contributed by atoms with van der Waals surface area (Å²) in [7, 11) is 0. The van der Waals surface area contributed by atoms with E-state index in [1.807, 2.05) is 0 Å². The Kier molecular flexibility index (Phi) is 3.63. The van der Waals surface area contributed by atoms with Crippen molar-refractivity contribution in [2.24, 2.45) is 0 Å². The minimum Gasteiger partial charge on any atom is -0.382 e. The van der Waals surface area contributed by atoms with Crippen molar-refractivity contribution >= 4 is 5.69 Å². The van der Waals surface area contributed by atoms with Crippen molar-refractivity contribution < 1.29 is 0 Å². The molecule has 0 aliphatic carbocycles. The molecule has 2 nitrogen and oxygen atoms in total. The zero-order chi connectivity index (χ0) is 14.9. The quantitative estimate of drug-likeness (QED) is 0.929. The van der Waals surface area contributed by atoms with E-state index >= 15 is 0 Å². The zero-order valence-electron chi connectivity index (χ0n) is 13.3. The Morgan fingerprint density at radius 1 is 1.09 bits per heavy atom. The van der Waals surface area contributed by atoms with E-state index in [0.717, 1.165) is 19.5 Å². The first-order valence-electron chi connectivity index (χ1n) is 8.45. The number of benzene rings is 2. The third-order valence-corrected chi connectivity index (χ3v) is 5.02. The molecule has 2 aromatic carbocycles. The first kappa shape index (κ1) is 13.8. The smallest absolute Gasteiger partial charge is 0.0375 e. The molecule has 0 saturated carbocycles. The summed E-state index contributed by atoms with van der Waals surface area (Å²) >= 11 is 0. The van der Waals surface area contributed by atoms with Gasteiger partial charge in [0.15, 0.2) is 0 Å². The van der Waals surface area contributed by atoms with E-state index in [-0.39, 0.29) is 0 Å². The molecule has 1 atom stereocenters. The highest BCUT2D eigenvalue weighted by molar-refractivity contribution is 5.57. The van der Waals surface area contributed by atoms with E-state index in [2.05, 4.69) is 59.6 Å². The summed E-state index contributed by atoms with van der Waals surface area (Å²) in [5.41, 5.74) is 7.36. The van der Waals surface area contributed by atoms with Crippen LogP contribution in [0.25, 0.3) is 0 Å². The van der Waals surface area contributed by atoms with Gasteiger partial charge in [0, 0.05) is 31.4 Å². The third kappa shape index (κ3) is 2.76. The standard InChI is InChI=1S/C20H24N2/c1-15-12-19-13-16(6-7-20(19)21-15)8-10-22-11-9-17-4-2-3-5-18(17)14-22/h2-7,13,15,21H,8-12,14H2,1H3. The summed E-state index contributed by atoms with van der Waals surface area (Å²) in [5.74, 6) is 0. The van der Waals surface area contributed by atoms with Gasteiger partial charge in [-0.15, -0.1) is 0 Å². The van der Waals surface area contributed by atoms with Gasteiger partial charge in [-0.3, -0.25) is 4.90 Å². The lowest BCUT2D eigenvalue weighted by Crippen LogP contribution is -2.32. The summed E-state index contributed by atoms with van der Waals surface area (Å²) in [6, 6.07) is 16.4. The van der Waals surface area contributed by atoms with Gasteiger partial charge in [-0.2, -0.15) is 0 Å². The van der Waals surface area contributed by atoms with E-state index in [9.17, 15) is 0 Å². The van der Waals surface area contributed by atoms with Crippen LogP contribution in [0.3, 0.4) is 0 Å². The molecule has 1 N–H and O–H groups in total. The minimum atomic E-state index is 0.587. The van der Waals surface area contributed by atoms with Crippen molar-refractivity contribution in [3.63, 3.8) is 0 Å². The lowest BCUT2D eigenvalue weighted by molar-refractivity contribution is 0.257. The minimum absolute atomic E-state index is 0.587. The number of anilines is 1. The molecule has 0 amide bonds. The first-order chi connectivity index (χ1) is 10.8. The van der Waals surface area contributed by atoms with Gasteiger partial charge in [0.2, 0.25) is 0 Å². The second kappa shape index (κ2) is 5.77. The van der Waals surface area contributed by atoms with Crippen LogP contribution in [0.5, 0.6) is 0 Å². The molecule has 4 rings (SSSR count). The maximum absolute atomic E-state index is 3.53. The Balaban J connectivity index is 1.39. The predicted molar refractivity (Wildman–Crippen MR) is 92.4 cm³/mol. The molecule has 0 fully saturated rings. The molecule has 22 heavy (non-hydrogen) atoms. The molecular weight excluding hydrogens is 268 g/mol. The van der Waals surface area contributed by atoms with Crippen molar-refractivity contribution in [1.82, 2.24) is 4.90 Å². The zero-order valence-corrected chi connectivity index (χ0v) is 13.3. The number of hydrogen-bond acceptors (Lipinski definition) is 2. The van der Waals surface area contributed by atoms with Crippen molar-refractivity contribution in [3.8, 4) is 0 Å². The van der Waals surface area contributed by atoms with Crippen molar-refractivity contribution in [2.75, 3.05) is 18.4 Å². The largest absolute Gasteiger partial charge is 0.382 e. The summed E-state index contributed by atoms with van der Waals surface area (Å²) in [6.07, 6.45) is 3.52. The molecule has 2 heteroatoms. The Morgan fingerprint density at radius 3 is 2.86 bits per heavy atom. The van der Waals surface area contributed by atoms with Gasteiger partial charge >= 0.3 is 0 Å². The topological polar surface area (TPSA) is 15.3 Å². The average molecular weight is 292 g/mol. The maximum Gasteiger partial charge on any atom is 0.0375 e. The fourth-order valence-corrected chi connectivity index (χ4v) is 3.79. The highest BCUT2D eigenvalue weighted by atomic mass is 15.1. The van der Waals surface area contributed by atoms with Gasteiger partial charge < -0.3 is 5.32 Å². The van der Waals surface area contributed by atoms with Crippen LogP contribution in [0.4, 0.5) is 5.69 Å². The van der Waals surface area contributed by atoms with Crippen LogP contribution >= 0.6 is 0 Å². The molecule has 2 aliphatic heterocycles. The van der Waals surface area contributed by atoms with E-state index < -0.39 is 0 Å². The Labute approximate surface area is 133 Å². The van der Waals surface area contributed by atoms with E-state index in [1.165, 1.54) is 47.3 Å². The predicted octanol–water partition coefficient (Wildman–Crippen LogP) is 3.64. The molecular formula is C20H24N2. The fourth-order valence-electron chi connectivity index (χ4n) is 3.79. The number of nitrogens with one attached hydrogen (secondary N) is 1. The molecule has 0 spiro atoms. The highest BCUT2D eigenvalue weighted by Crippen LogP contribution is 2.27. The first-order valence-corrected chi connectivity index (χ1v) is 8.45. The number of nitrogens with zero attached hydrogens (tertiary/aromatic N) is 1. The van der Waals surface area contributed by atoms with E-state index in [4.69, 9.17) is 0 Å². The fraction of sp³-hybridized carbons (Fsp3) is 0.400. The van der Waals surface area contributed by atoms with Crippen LogP contribution in [0.1, 0.15) is 29.2 Å². The van der Waals surface area contributed by atoms with Gasteiger partial charge in [0.1, 0.15) is 0 Å². The highest BCUT2D eigenvalue weighted by Gasteiger charge is 2.18. The van der Waals surface area contributed by atoms with Crippen LogP contribution < -0.4 is 5.32 Å². The summed E-state index contributed by atoms with van der Waals surface area (Å²) < 4.78 is 0. The Morgan fingerprint density at radius 2 is 1.95 bits per heavy atom. The van der Waals surface area contributed by atoms with Gasteiger partial charge in [-0.1, -0.05) is 36.4 Å². The lowest BCUT2D eigenvalue weighted by Gasteiger charge is -2.28. The van der Waals surface area contributed by atoms with Crippen molar-refractivity contribution in [3.05, 3.63) is 64.7 Å². The molecule has 1 unspecified atom stereocenters. The van der Waals surface area contributed by atoms with Gasteiger partial charge in [-0.05, 0) is 54.5 Å². The van der Waals surface area contributed by atoms with Gasteiger partial charge in [-0.25, -0.2) is 0 Å². The average Bonchev–Trinajstić information content (AvgIpc) is 2.92. The van der Waals surface area contributed by atoms with Crippen molar-refractivity contribution in [2.45, 2.75) is 38.8 Å². The van der Waals surface area contributed by atoms with Crippen molar-refractivity contribution in [1.29, 1.82) is 0 Å². The van der Waals surface area contributed by atoms with Crippen LogP contribution in [-0.2, 0) is 25.8 Å². The van der Waals surface area contributed by atoms with E-state index in [1.54, 1.807) is 0 Å². The molecule has 0 saturated heterocycles. The molecule has 0 bridgehead atoms. The number of fused-ring (bicyclic) bond motifs is 2. The summed E-state index contributed by atoms with van der Waals surface area (Å²) in [4.78, 5) is 2.59. The third-order valence-electron chi connectivity index (χ3n) is 5.02. The monoisotopic (exact) mass is 292 g/mol. The molecule has 2 aliphatic rings.